The summed E-state index contributed by atoms with van der Waals surface area (Å²) < 4.78 is 19.7. The molecule has 4 nitrogen and oxygen atoms in total. The smallest absolute Gasteiger partial charge is 0.305 e. The molecule has 0 N–H and O–H groups in total. The Hall–Kier alpha value is -1.49. The van der Waals surface area contributed by atoms with Crippen LogP contribution in [0.4, 0.5) is 10.1 Å². The Bertz CT molecular complexity index is 482. The molecule has 2 atom stereocenters. The fraction of sp³-hybridized carbons (Fsp3) is 0.600. The van der Waals surface area contributed by atoms with Crippen molar-refractivity contribution in [3.05, 3.63) is 39.7 Å². The number of nitro groups is 1. The Kier molecular flexibility index (Phi) is 4.70. The third-order valence-corrected chi connectivity index (χ3v) is 3.86. The molecule has 20 heavy (non-hydrogen) atoms. The van der Waals surface area contributed by atoms with Crippen LogP contribution in [-0.4, -0.2) is 11.0 Å². The largest absolute Gasteiger partial charge is 0.373 e. The zero-order valence-electron chi connectivity index (χ0n) is 11.8. The molecule has 1 aliphatic rings. The van der Waals surface area contributed by atoms with Crippen LogP contribution in [-0.2, 0) is 11.3 Å². The molecule has 0 radical (unpaired) electrons. The van der Waals surface area contributed by atoms with E-state index in [0.29, 0.717) is 11.8 Å². The second-order valence-corrected chi connectivity index (χ2v) is 5.86. The summed E-state index contributed by atoms with van der Waals surface area (Å²) in [5, 5.41) is 10.7. The van der Waals surface area contributed by atoms with Crippen molar-refractivity contribution in [2.75, 3.05) is 0 Å². The molecule has 0 aliphatic heterocycles. The topological polar surface area (TPSA) is 52.4 Å². The van der Waals surface area contributed by atoms with Gasteiger partial charge in [0.15, 0.2) is 0 Å². The molecule has 1 fully saturated rings. The minimum atomic E-state index is -0.783. The van der Waals surface area contributed by atoms with Gasteiger partial charge in [0.05, 0.1) is 17.6 Å². The molecule has 0 heterocycles. The van der Waals surface area contributed by atoms with E-state index in [2.05, 4.69) is 13.8 Å². The normalized spacial score (nSPS) is 26.4. The maximum absolute atomic E-state index is 13.9. The molecule has 0 bridgehead atoms. The average molecular weight is 281 g/mol. The molecule has 0 aromatic heterocycles. The van der Waals surface area contributed by atoms with Gasteiger partial charge in [-0.2, -0.15) is 4.39 Å². The van der Waals surface area contributed by atoms with Crippen LogP contribution in [0.3, 0.4) is 0 Å². The molecule has 2 rings (SSSR count). The predicted molar refractivity (Wildman–Crippen MR) is 73.8 cm³/mol. The summed E-state index contributed by atoms with van der Waals surface area (Å²) in [6, 6.07) is 4.20. The van der Waals surface area contributed by atoms with Crippen LogP contribution in [0.1, 0.15) is 38.7 Å². The minimum Gasteiger partial charge on any atom is -0.373 e. The van der Waals surface area contributed by atoms with Gasteiger partial charge in [-0.05, 0) is 31.1 Å². The molecule has 1 saturated carbocycles. The van der Waals surface area contributed by atoms with E-state index in [1.165, 1.54) is 24.6 Å². The number of nitrogens with zero attached hydrogens (tertiary/aromatic N) is 1. The maximum Gasteiger partial charge on any atom is 0.305 e. The van der Waals surface area contributed by atoms with Crippen molar-refractivity contribution in [3.63, 3.8) is 0 Å². The molecule has 0 saturated heterocycles. The molecule has 5 heteroatoms. The lowest BCUT2D eigenvalue weighted by Crippen LogP contribution is -2.26. The molecule has 0 amide bonds. The zero-order valence-corrected chi connectivity index (χ0v) is 11.8. The number of benzene rings is 1. The standard InChI is InChI=1S/C15H20FNO3/c1-10-6-11(2)8-13(7-10)20-9-12-4-3-5-14(15(12)16)17(18)19/h3-5,10-11,13H,6-9H2,1-2H3. The first kappa shape index (κ1) is 14.9. The summed E-state index contributed by atoms with van der Waals surface area (Å²) in [4.78, 5) is 9.99. The Morgan fingerprint density at radius 1 is 1.30 bits per heavy atom. The molecule has 1 aliphatic carbocycles. The minimum absolute atomic E-state index is 0.0949. The Labute approximate surface area is 118 Å². The van der Waals surface area contributed by atoms with Crippen LogP contribution in [0.2, 0.25) is 0 Å². The van der Waals surface area contributed by atoms with E-state index in [1.807, 2.05) is 0 Å². The van der Waals surface area contributed by atoms with Crippen molar-refractivity contribution in [2.24, 2.45) is 11.8 Å². The van der Waals surface area contributed by atoms with Crippen molar-refractivity contribution in [3.8, 4) is 0 Å². The fourth-order valence-electron chi connectivity index (χ4n) is 3.04. The molecule has 110 valence electrons. The highest BCUT2D eigenvalue weighted by Gasteiger charge is 2.25. The van der Waals surface area contributed by atoms with Gasteiger partial charge in [-0.1, -0.05) is 26.0 Å². The lowest BCUT2D eigenvalue weighted by Gasteiger charge is -2.31. The molecular weight excluding hydrogens is 261 g/mol. The molecular formula is C15H20FNO3. The number of nitro benzene ring substituents is 1. The summed E-state index contributed by atoms with van der Waals surface area (Å²) in [7, 11) is 0. The van der Waals surface area contributed by atoms with Crippen LogP contribution in [0, 0.1) is 27.8 Å². The second-order valence-electron chi connectivity index (χ2n) is 5.86. The third kappa shape index (κ3) is 3.54. The highest BCUT2D eigenvalue weighted by molar-refractivity contribution is 5.36. The summed E-state index contributed by atoms with van der Waals surface area (Å²) in [5.41, 5.74) is -0.235. The molecule has 2 unspecified atom stereocenters. The molecule has 1 aromatic carbocycles. The quantitative estimate of drug-likeness (QED) is 0.617. The Morgan fingerprint density at radius 2 is 1.95 bits per heavy atom. The first-order chi connectivity index (χ1) is 9.47. The number of hydrogen-bond donors (Lipinski definition) is 0. The summed E-state index contributed by atoms with van der Waals surface area (Å²) in [5.74, 6) is 0.437. The van der Waals surface area contributed by atoms with Gasteiger partial charge in [0.25, 0.3) is 0 Å². The number of halogens is 1. The van der Waals surface area contributed by atoms with Crippen LogP contribution in [0.25, 0.3) is 0 Å². The van der Waals surface area contributed by atoms with Crippen molar-refractivity contribution in [1.29, 1.82) is 0 Å². The summed E-state index contributed by atoms with van der Waals surface area (Å²) in [6.07, 6.45) is 3.26. The second kappa shape index (κ2) is 6.31. The van der Waals surface area contributed by atoms with Gasteiger partial charge in [0.1, 0.15) is 0 Å². The summed E-state index contributed by atoms with van der Waals surface area (Å²) >= 11 is 0. The van der Waals surface area contributed by atoms with Gasteiger partial charge < -0.3 is 4.74 Å². The van der Waals surface area contributed by atoms with E-state index in [-0.39, 0.29) is 18.3 Å². The third-order valence-electron chi connectivity index (χ3n) is 3.86. The highest BCUT2D eigenvalue weighted by Crippen LogP contribution is 2.31. The van der Waals surface area contributed by atoms with Gasteiger partial charge in [-0.25, -0.2) is 0 Å². The maximum atomic E-state index is 13.9. The van der Waals surface area contributed by atoms with Crippen molar-refractivity contribution >= 4 is 5.69 Å². The van der Waals surface area contributed by atoms with E-state index in [9.17, 15) is 14.5 Å². The monoisotopic (exact) mass is 281 g/mol. The first-order valence-electron chi connectivity index (χ1n) is 7.00. The fourth-order valence-corrected chi connectivity index (χ4v) is 3.04. The predicted octanol–water partition coefficient (Wildman–Crippen LogP) is 4.08. The van der Waals surface area contributed by atoms with Gasteiger partial charge >= 0.3 is 5.69 Å². The van der Waals surface area contributed by atoms with Crippen LogP contribution >= 0.6 is 0 Å². The zero-order chi connectivity index (χ0) is 14.7. The average Bonchev–Trinajstić information content (AvgIpc) is 2.36. The summed E-state index contributed by atoms with van der Waals surface area (Å²) in [6.45, 7) is 4.48. The van der Waals surface area contributed by atoms with Crippen LogP contribution in [0.5, 0.6) is 0 Å². The van der Waals surface area contributed by atoms with Gasteiger partial charge in [-0.15, -0.1) is 0 Å². The van der Waals surface area contributed by atoms with Gasteiger partial charge in [-0.3, -0.25) is 10.1 Å². The van der Waals surface area contributed by atoms with E-state index in [4.69, 9.17) is 4.74 Å². The lowest BCUT2D eigenvalue weighted by molar-refractivity contribution is -0.387. The Morgan fingerprint density at radius 3 is 2.55 bits per heavy atom. The van der Waals surface area contributed by atoms with Crippen molar-refractivity contribution in [1.82, 2.24) is 0 Å². The van der Waals surface area contributed by atoms with Gasteiger partial charge in [0.2, 0.25) is 5.82 Å². The number of hydrogen-bond acceptors (Lipinski definition) is 3. The van der Waals surface area contributed by atoms with E-state index in [1.54, 1.807) is 0 Å². The first-order valence-corrected chi connectivity index (χ1v) is 7.00. The number of rotatable bonds is 4. The van der Waals surface area contributed by atoms with Gasteiger partial charge in [0, 0.05) is 11.6 Å². The molecule has 0 spiro atoms. The molecule has 1 aromatic rings. The van der Waals surface area contributed by atoms with E-state index in [0.717, 1.165) is 12.8 Å². The van der Waals surface area contributed by atoms with E-state index < -0.39 is 16.4 Å². The number of ether oxygens (including phenoxy) is 1. The SMILES string of the molecule is CC1CC(C)CC(OCc2cccc([N+](=O)[O-])c2F)C1. The lowest BCUT2D eigenvalue weighted by atomic mass is 9.82. The Balaban J connectivity index is 2.00. The van der Waals surface area contributed by atoms with E-state index >= 15 is 0 Å². The van der Waals surface area contributed by atoms with Crippen molar-refractivity contribution < 1.29 is 14.1 Å². The highest BCUT2D eigenvalue weighted by atomic mass is 19.1. The van der Waals surface area contributed by atoms with Crippen LogP contribution in [0.15, 0.2) is 18.2 Å². The van der Waals surface area contributed by atoms with Crippen molar-refractivity contribution in [2.45, 2.75) is 45.8 Å². The van der Waals surface area contributed by atoms with Crippen LogP contribution < -0.4 is 0 Å².